The van der Waals surface area contributed by atoms with Crippen LogP contribution in [0.3, 0.4) is 0 Å². The molecule has 122 valence electrons. The Morgan fingerprint density at radius 3 is 1.91 bits per heavy atom. The highest BCUT2D eigenvalue weighted by Gasteiger charge is 2.29. The van der Waals surface area contributed by atoms with Crippen LogP contribution < -0.4 is 10.6 Å². The lowest BCUT2D eigenvalue weighted by atomic mass is 9.82. The van der Waals surface area contributed by atoms with Crippen molar-refractivity contribution in [2.24, 2.45) is 5.41 Å². The maximum Gasteiger partial charge on any atom is 0.313 e. The van der Waals surface area contributed by atoms with Crippen molar-refractivity contribution in [3.63, 3.8) is 0 Å². The lowest BCUT2D eigenvalue weighted by molar-refractivity contribution is -0.137. The molecule has 0 aliphatic carbocycles. The molecule has 2 amide bonds. The van der Waals surface area contributed by atoms with Gasteiger partial charge < -0.3 is 10.6 Å². The monoisotopic (exact) mass is 304 g/mol. The first-order chi connectivity index (χ1) is 9.91. The predicted molar refractivity (Wildman–Crippen MR) is 90.8 cm³/mol. The molecule has 0 fully saturated rings. The maximum absolute atomic E-state index is 12.1. The SMILES string of the molecule is Cc1cccc(C)c1NC(=O)C(=O)NC(C)(C)CC(C)(C)C. The minimum atomic E-state index is -0.626. The topological polar surface area (TPSA) is 58.2 Å². The van der Waals surface area contributed by atoms with Crippen molar-refractivity contribution in [3.05, 3.63) is 29.3 Å². The third-order valence-electron chi connectivity index (χ3n) is 3.35. The van der Waals surface area contributed by atoms with E-state index in [2.05, 4.69) is 31.4 Å². The van der Waals surface area contributed by atoms with Gasteiger partial charge in [0.2, 0.25) is 0 Å². The third kappa shape index (κ3) is 5.51. The molecule has 0 atom stereocenters. The quantitative estimate of drug-likeness (QED) is 0.839. The van der Waals surface area contributed by atoms with Gasteiger partial charge in [-0.1, -0.05) is 39.0 Å². The van der Waals surface area contributed by atoms with E-state index in [0.717, 1.165) is 17.5 Å². The zero-order chi connectivity index (χ0) is 17.1. The Labute approximate surface area is 133 Å². The lowest BCUT2D eigenvalue weighted by Gasteiger charge is -2.33. The lowest BCUT2D eigenvalue weighted by Crippen LogP contribution is -2.49. The standard InChI is InChI=1S/C18H28N2O2/c1-12-9-8-10-13(2)14(12)19-15(21)16(22)20-18(6,7)11-17(3,4)5/h8-10H,11H2,1-7H3,(H,19,21)(H,20,22). The molecule has 1 aromatic rings. The van der Waals surface area contributed by atoms with Gasteiger partial charge in [-0.25, -0.2) is 0 Å². The first-order valence-electron chi connectivity index (χ1n) is 7.61. The zero-order valence-corrected chi connectivity index (χ0v) is 14.8. The van der Waals surface area contributed by atoms with Crippen molar-refractivity contribution in [3.8, 4) is 0 Å². The van der Waals surface area contributed by atoms with Crippen LogP contribution in [-0.2, 0) is 9.59 Å². The molecule has 0 saturated heterocycles. The molecule has 1 aromatic carbocycles. The Kier molecular flexibility index (Phi) is 5.39. The van der Waals surface area contributed by atoms with Gasteiger partial charge in [0, 0.05) is 11.2 Å². The molecule has 4 heteroatoms. The van der Waals surface area contributed by atoms with Crippen LogP contribution in [0.1, 0.15) is 52.2 Å². The average molecular weight is 304 g/mol. The van der Waals surface area contributed by atoms with E-state index in [1.54, 1.807) is 0 Å². The van der Waals surface area contributed by atoms with Crippen LogP contribution in [0, 0.1) is 19.3 Å². The number of nitrogens with one attached hydrogen (secondary N) is 2. The minimum Gasteiger partial charge on any atom is -0.343 e. The van der Waals surface area contributed by atoms with E-state index < -0.39 is 17.4 Å². The van der Waals surface area contributed by atoms with Crippen LogP contribution in [0.25, 0.3) is 0 Å². The number of carbonyl (C=O) groups excluding carboxylic acids is 2. The predicted octanol–water partition coefficient (Wildman–Crippen LogP) is 3.57. The summed E-state index contributed by atoms with van der Waals surface area (Å²) in [5.41, 5.74) is 2.22. The van der Waals surface area contributed by atoms with Crippen molar-refractivity contribution >= 4 is 17.5 Å². The Hall–Kier alpha value is -1.84. The van der Waals surface area contributed by atoms with E-state index in [1.165, 1.54) is 0 Å². The van der Waals surface area contributed by atoms with E-state index in [-0.39, 0.29) is 5.41 Å². The largest absolute Gasteiger partial charge is 0.343 e. The fourth-order valence-electron chi connectivity index (χ4n) is 2.92. The molecule has 2 N–H and O–H groups in total. The Balaban J connectivity index is 2.76. The molecular weight excluding hydrogens is 276 g/mol. The van der Waals surface area contributed by atoms with Crippen molar-refractivity contribution in [1.29, 1.82) is 0 Å². The van der Waals surface area contributed by atoms with Crippen molar-refractivity contribution in [2.45, 2.75) is 60.4 Å². The molecule has 1 rings (SSSR count). The van der Waals surface area contributed by atoms with E-state index in [4.69, 9.17) is 0 Å². The van der Waals surface area contributed by atoms with E-state index in [1.807, 2.05) is 45.9 Å². The summed E-state index contributed by atoms with van der Waals surface area (Å²) in [6, 6.07) is 5.74. The van der Waals surface area contributed by atoms with Gasteiger partial charge in [0.1, 0.15) is 0 Å². The molecule has 0 aliphatic rings. The molecule has 4 nitrogen and oxygen atoms in total. The maximum atomic E-state index is 12.1. The molecule has 0 radical (unpaired) electrons. The number of benzene rings is 1. The Bertz CT molecular complexity index is 549. The van der Waals surface area contributed by atoms with Crippen LogP contribution in [0.4, 0.5) is 5.69 Å². The molecule has 0 saturated carbocycles. The summed E-state index contributed by atoms with van der Waals surface area (Å²) in [7, 11) is 0. The van der Waals surface area contributed by atoms with Crippen molar-refractivity contribution in [2.75, 3.05) is 5.32 Å². The Morgan fingerprint density at radius 1 is 0.955 bits per heavy atom. The van der Waals surface area contributed by atoms with Gasteiger partial charge in [-0.2, -0.15) is 0 Å². The Morgan fingerprint density at radius 2 is 1.45 bits per heavy atom. The molecule has 0 heterocycles. The number of anilines is 1. The van der Waals surface area contributed by atoms with Crippen LogP contribution >= 0.6 is 0 Å². The van der Waals surface area contributed by atoms with Crippen LogP contribution in [0.15, 0.2) is 18.2 Å². The summed E-state index contributed by atoms with van der Waals surface area (Å²) >= 11 is 0. The van der Waals surface area contributed by atoms with Gasteiger partial charge in [-0.05, 0) is 50.7 Å². The summed E-state index contributed by atoms with van der Waals surface area (Å²) in [5.74, 6) is -1.23. The second-order valence-corrected chi connectivity index (χ2v) is 7.80. The minimum absolute atomic E-state index is 0.0693. The number of aryl methyl sites for hydroxylation is 2. The molecule has 0 aliphatic heterocycles. The van der Waals surface area contributed by atoms with Gasteiger partial charge >= 0.3 is 11.8 Å². The molecule has 0 aromatic heterocycles. The average Bonchev–Trinajstić information content (AvgIpc) is 2.29. The van der Waals surface area contributed by atoms with Gasteiger partial charge in [0.25, 0.3) is 0 Å². The molecule has 0 bridgehead atoms. The summed E-state index contributed by atoms with van der Waals surface area (Å²) in [6.45, 7) is 14.0. The van der Waals surface area contributed by atoms with Crippen molar-refractivity contribution < 1.29 is 9.59 Å². The number of amides is 2. The highest BCUT2D eigenvalue weighted by molar-refractivity contribution is 6.40. The summed E-state index contributed by atoms with van der Waals surface area (Å²) in [5, 5.41) is 5.53. The van der Waals surface area contributed by atoms with Crippen LogP contribution in [0.2, 0.25) is 0 Å². The number of hydrogen-bond donors (Lipinski definition) is 2. The zero-order valence-electron chi connectivity index (χ0n) is 14.8. The number of hydrogen-bond acceptors (Lipinski definition) is 2. The molecule has 22 heavy (non-hydrogen) atoms. The second-order valence-electron chi connectivity index (χ2n) is 7.80. The van der Waals surface area contributed by atoms with E-state index >= 15 is 0 Å². The normalized spacial score (nSPS) is 12.0. The fourth-order valence-corrected chi connectivity index (χ4v) is 2.92. The highest BCUT2D eigenvalue weighted by Crippen LogP contribution is 2.26. The number of rotatable bonds is 3. The number of carbonyl (C=O) groups is 2. The van der Waals surface area contributed by atoms with Gasteiger partial charge in [-0.3, -0.25) is 9.59 Å². The first kappa shape index (κ1) is 18.2. The second kappa shape index (κ2) is 6.51. The molecule has 0 unspecified atom stereocenters. The van der Waals surface area contributed by atoms with Crippen LogP contribution in [0.5, 0.6) is 0 Å². The van der Waals surface area contributed by atoms with E-state index in [0.29, 0.717) is 5.69 Å². The highest BCUT2D eigenvalue weighted by atomic mass is 16.2. The fraction of sp³-hybridized carbons (Fsp3) is 0.556. The number of para-hydroxylation sites is 1. The van der Waals surface area contributed by atoms with Gasteiger partial charge in [0.05, 0.1) is 0 Å². The smallest absolute Gasteiger partial charge is 0.313 e. The molecular formula is C18H28N2O2. The summed E-state index contributed by atoms with van der Waals surface area (Å²) in [6.07, 6.45) is 0.780. The van der Waals surface area contributed by atoms with Crippen molar-refractivity contribution in [1.82, 2.24) is 5.32 Å². The summed E-state index contributed by atoms with van der Waals surface area (Å²) < 4.78 is 0. The molecule has 0 spiro atoms. The van der Waals surface area contributed by atoms with E-state index in [9.17, 15) is 9.59 Å². The first-order valence-corrected chi connectivity index (χ1v) is 7.61. The van der Waals surface area contributed by atoms with Gasteiger partial charge in [0.15, 0.2) is 0 Å². The van der Waals surface area contributed by atoms with Crippen LogP contribution in [-0.4, -0.2) is 17.4 Å². The summed E-state index contributed by atoms with van der Waals surface area (Å²) in [4.78, 5) is 24.3. The third-order valence-corrected chi connectivity index (χ3v) is 3.35. The van der Waals surface area contributed by atoms with Gasteiger partial charge in [-0.15, -0.1) is 0 Å².